The van der Waals surface area contributed by atoms with Crippen LogP contribution >= 0.6 is 34.1 Å². The molecule has 22 N–H and O–H groups in total. The number of hydrogen-bond donors (Lipinski definition) is 19. The topological polar surface area (TPSA) is 575 Å². The van der Waals surface area contributed by atoms with Crippen LogP contribution in [0.15, 0.2) is 35.3 Å². The zero-order valence-electron chi connectivity index (χ0n) is 63.2. The van der Waals surface area contributed by atoms with Gasteiger partial charge in [-0.3, -0.25) is 86.6 Å². The Morgan fingerprint density at radius 3 is 1.68 bits per heavy atom. The SMILES string of the molecule is CCCC[C@H](NC(=O)[C@H]1CCCN1C(=O)CNC(=O)[C@@H](CCCCN)NC(=O)[C@@H](CS)NC(=O)[C@H](CO)CC(=O)[C@H](CC(C)C)NC(=O)[C@@H](CS)CC(=O)[C@H]1CCCN1C(=P)[C@@H](CCCN=C(N)N)NC(=O)[C@@H](CCC(N)=O)NC(=O)CNC(=O)CNC(=O)CNC(=O)CNC(=O)CN)C(=O)CCCc1ccccc1. The Morgan fingerprint density at radius 1 is 0.545 bits per heavy atom. The Labute approximate surface area is 655 Å². The number of nitrogens with one attached hydrogen (secondary N) is 11. The van der Waals surface area contributed by atoms with Crippen molar-refractivity contribution in [1.29, 1.82) is 0 Å². The van der Waals surface area contributed by atoms with Crippen LogP contribution in [0.25, 0.3) is 0 Å². The van der Waals surface area contributed by atoms with Gasteiger partial charge in [0.05, 0.1) is 81.9 Å². The number of thiol groups is 2. The highest BCUT2D eigenvalue weighted by molar-refractivity contribution is 7.80. The number of aryl methyl sites for hydroxylation is 1. The van der Waals surface area contributed by atoms with E-state index in [4.69, 9.17) is 28.7 Å². The number of ketones is 3. The smallest absolute Gasteiger partial charge is 0.244 e. The number of unbranched alkanes of at least 4 members (excludes halogenated alkanes) is 2. The number of carbonyl (C=O) groups excluding carboxylic acids is 16. The molecule has 0 radical (unpaired) electrons. The number of nitrogens with zero attached hydrogens (tertiary/aromatic N) is 3. The van der Waals surface area contributed by atoms with E-state index in [0.29, 0.717) is 69.6 Å². The van der Waals surface area contributed by atoms with Crippen LogP contribution in [0.2, 0.25) is 0 Å². The molecule has 2 fully saturated rings. The third-order valence-electron chi connectivity index (χ3n) is 18.3. The van der Waals surface area contributed by atoms with Crippen molar-refractivity contribution in [1.82, 2.24) is 68.3 Å². The van der Waals surface area contributed by atoms with Crippen molar-refractivity contribution in [2.24, 2.45) is 51.4 Å². The molecule has 0 aliphatic carbocycles. The molecule has 0 bridgehead atoms. The van der Waals surface area contributed by atoms with Crippen LogP contribution in [0.1, 0.15) is 148 Å². The van der Waals surface area contributed by atoms with E-state index < -0.39 is 194 Å². The number of carbonyl (C=O) groups is 16. The molecule has 2 heterocycles. The fraction of sp³-hybridized carbons (Fsp3) is 0.662. The number of Topliss-reactive ketones (excluding diaryl/α,β-unsaturated/α-hetero) is 3. The van der Waals surface area contributed by atoms with Crippen LogP contribution in [-0.2, 0) is 83.1 Å². The monoisotopic (exact) mass is 1600 g/mol. The average molecular weight is 1600 g/mol. The maximum Gasteiger partial charge on any atom is 0.244 e. The summed E-state index contributed by atoms with van der Waals surface area (Å²) < 4.78 is 0. The van der Waals surface area contributed by atoms with Crippen molar-refractivity contribution >= 4 is 140 Å². The molecule has 110 heavy (non-hydrogen) atoms. The summed E-state index contributed by atoms with van der Waals surface area (Å²) in [4.78, 5) is 220. The number of nitrogens with two attached hydrogens (primary N) is 5. The molecule has 1 aromatic carbocycles. The minimum atomic E-state index is -1.45. The summed E-state index contributed by atoms with van der Waals surface area (Å²) in [5.74, 6) is -14.3. The lowest BCUT2D eigenvalue weighted by atomic mass is 9.92. The molecular formula is C71H116N19O17PS2. The second kappa shape index (κ2) is 52.5. The molecule has 36 nitrogen and oxygen atoms in total. The summed E-state index contributed by atoms with van der Waals surface area (Å²) in [6, 6.07) is 1.04. The molecule has 0 saturated carbocycles. The molecule has 0 spiro atoms. The van der Waals surface area contributed by atoms with Crippen molar-refractivity contribution in [3.63, 3.8) is 0 Å². The van der Waals surface area contributed by atoms with Gasteiger partial charge in [0, 0.05) is 62.2 Å². The highest BCUT2D eigenvalue weighted by atomic mass is 32.1. The molecular weight excluding hydrogens is 1490 g/mol. The number of aliphatic hydroxyl groups is 1. The minimum Gasteiger partial charge on any atom is -0.396 e. The van der Waals surface area contributed by atoms with Crippen LogP contribution < -0.4 is 87.2 Å². The first-order chi connectivity index (χ1) is 52.4. The number of hydrogen-bond acceptors (Lipinski definition) is 22. The van der Waals surface area contributed by atoms with E-state index >= 15 is 0 Å². The van der Waals surface area contributed by atoms with Gasteiger partial charge in [-0.1, -0.05) is 63.9 Å². The summed E-state index contributed by atoms with van der Waals surface area (Å²) >= 11 is 8.72. The van der Waals surface area contributed by atoms with Gasteiger partial charge in [0.15, 0.2) is 23.3 Å². The molecule has 2 saturated heterocycles. The van der Waals surface area contributed by atoms with Crippen LogP contribution in [0.5, 0.6) is 0 Å². The molecule has 1 aromatic rings. The second-order valence-corrected chi connectivity index (χ2v) is 28.8. The molecule has 2 aliphatic rings. The van der Waals surface area contributed by atoms with Gasteiger partial charge in [-0.15, -0.1) is 8.86 Å². The number of aliphatic hydroxyl groups excluding tert-OH is 1. The largest absolute Gasteiger partial charge is 0.396 e. The number of amides is 13. The lowest BCUT2D eigenvalue weighted by molar-refractivity contribution is -0.140. The van der Waals surface area contributed by atoms with E-state index in [2.05, 4.69) is 97.6 Å². The first-order valence-electron chi connectivity index (χ1n) is 37.4. The van der Waals surface area contributed by atoms with Gasteiger partial charge < -0.3 is 97.2 Å². The molecule has 2 aliphatic heterocycles. The van der Waals surface area contributed by atoms with Crippen LogP contribution in [0.4, 0.5) is 0 Å². The van der Waals surface area contributed by atoms with Gasteiger partial charge in [-0.25, -0.2) is 0 Å². The fourth-order valence-corrected chi connectivity index (χ4v) is 13.2. The van der Waals surface area contributed by atoms with Crippen molar-refractivity contribution in [2.75, 3.05) is 83.6 Å². The van der Waals surface area contributed by atoms with Gasteiger partial charge in [0.1, 0.15) is 24.2 Å². The molecule has 39 heteroatoms. The number of benzene rings is 1. The predicted octanol–water partition coefficient (Wildman–Crippen LogP) is -4.56. The maximum absolute atomic E-state index is 14.5. The second-order valence-electron chi connectivity index (χ2n) is 27.5. The van der Waals surface area contributed by atoms with Gasteiger partial charge in [-0.2, -0.15) is 25.3 Å². The van der Waals surface area contributed by atoms with Crippen molar-refractivity contribution in [2.45, 2.75) is 198 Å². The molecule has 614 valence electrons. The lowest BCUT2D eigenvalue weighted by Gasteiger charge is -2.32. The number of primary amides is 1. The first-order valence-corrected chi connectivity index (χ1v) is 39.2. The van der Waals surface area contributed by atoms with E-state index in [1.54, 1.807) is 18.7 Å². The van der Waals surface area contributed by atoms with Crippen molar-refractivity contribution < 1.29 is 81.8 Å². The van der Waals surface area contributed by atoms with Crippen molar-refractivity contribution in [3.8, 4) is 0 Å². The van der Waals surface area contributed by atoms with E-state index in [1.165, 1.54) is 4.90 Å². The van der Waals surface area contributed by atoms with Gasteiger partial charge in [0.25, 0.3) is 0 Å². The number of likely N-dealkylation sites (tertiary alicyclic amines) is 2. The van der Waals surface area contributed by atoms with Gasteiger partial charge >= 0.3 is 0 Å². The van der Waals surface area contributed by atoms with Crippen LogP contribution in [-0.4, -0.2) is 252 Å². The average Bonchev–Trinajstić information content (AvgIpc) is 1.64. The zero-order chi connectivity index (χ0) is 81.8. The first kappa shape index (κ1) is 95.5. The standard InChI is InChI=1S/C71H116N19O17PS2/c1-4-5-18-46(54(92)23-11-17-43-15-7-6-8-16-43)84-69(107)53-22-14-28-89(53)63(101)38-82-66(104)47(19-9-10-26-72)85-68(106)51(41-110)88-64(102)44(39-91)31-55(93)50(30-42(2)3)87-65(103)45(40-109)32-56(94)52-21-13-29-90(52)70(108)49(20-12-27-77-71(75)76)86-67(105)48(24-25-57(74)95)83-62(100)37-81-61(99)36-80-60(98)35-79-59(97)34-78-58(96)33-73/h6-8,15-16,42,44-53,91,108-110H,4-5,9-14,17-41,72-73H2,1-3H3,(H2,74,95)(H,78,96)(H,79,97)(H,80,98)(H,81,99)(H,82,104)(H,83,100)(H,84,107)(H,85,106)(H,86,105)(H,87,103)(H,88,102)(H4,75,76,77)/t44-,45+,46-,47+,48+,49+,50-,51+,52+,53+/m0/s1. The Bertz CT molecular complexity index is 3320. The third kappa shape index (κ3) is 36.0. The molecule has 3 rings (SSSR count). The summed E-state index contributed by atoms with van der Waals surface area (Å²) in [5.41, 5.74) is 28.9. The Hall–Kier alpha value is -8.68. The fourth-order valence-electron chi connectivity index (χ4n) is 12.2. The molecule has 10 atom stereocenters. The van der Waals surface area contributed by atoms with Crippen molar-refractivity contribution in [3.05, 3.63) is 35.9 Å². The maximum atomic E-state index is 14.5. The normalized spacial score (nSPS) is 16.1. The van der Waals surface area contributed by atoms with Crippen LogP contribution in [0, 0.1) is 17.8 Å². The van der Waals surface area contributed by atoms with E-state index in [1.807, 2.05) is 37.3 Å². The van der Waals surface area contributed by atoms with E-state index in [-0.39, 0.29) is 113 Å². The Morgan fingerprint density at radius 2 is 1.10 bits per heavy atom. The summed E-state index contributed by atoms with van der Waals surface area (Å²) in [6.07, 6.45) is 4.87. The minimum absolute atomic E-state index is 0.0655. The Kier molecular flexibility index (Phi) is 45.6. The molecule has 13 amide bonds. The zero-order valence-corrected chi connectivity index (χ0v) is 66.0. The quantitative estimate of drug-likeness (QED) is 0.00960. The summed E-state index contributed by atoms with van der Waals surface area (Å²) in [7, 11) is 3.70. The predicted molar refractivity (Wildman–Crippen MR) is 419 cm³/mol. The molecule has 0 aromatic heterocycles. The van der Waals surface area contributed by atoms with Gasteiger partial charge in [-0.05, 0) is 108 Å². The highest BCUT2D eigenvalue weighted by Gasteiger charge is 2.40. The third-order valence-corrected chi connectivity index (χ3v) is 19.7. The van der Waals surface area contributed by atoms with Crippen LogP contribution in [0.3, 0.4) is 0 Å². The lowest BCUT2D eigenvalue weighted by Crippen LogP contribution is -2.56. The van der Waals surface area contributed by atoms with E-state index in [9.17, 15) is 81.8 Å². The highest BCUT2D eigenvalue weighted by Crippen LogP contribution is 2.26. The number of guanidine groups is 1. The number of rotatable bonds is 55. The number of aliphatic imine (C=N–C) groups is 1. The molecule has 0 unspecified atom stereocenters. The summed E-state index contributed by atoms with van der Waals surface area (Å²) in [6.45, 7) is 2.38. The summed E-state index contributed by atoms with van der Waals surface area (Å²) in [5, 5.41) is 38.3. The van der Waals surface area contributed by atoms with Gasteiger partial charge in [0.2, 0.25) is 76.8 Å². The Balaban J connectivity index is 1.68. The van der Waals surface area contributed by atoms with E-state index in [0.717, 1.165) is 12.0 Å².